The maximum atomic E-state index is 11.2. The first kappa shape index (κ1) is 12.7. The van der Waals surface area contributed by atoms with E-state index in [-0.39, 0.29) is 0 Å². The summed E-state index contributed by atoms with van der Waals surface area (Å²) in [7, 11) is 1.34. The highest BCUT2D eigenvalue weighted by molar-refractivity contribution is 6.14. The summed E-state index contributed by atoms with van der Waals surface area (Å²) in [5, 5.41) is 2.14. The summed E-state index contributed by atoms with van der Waals surface area (Å²) in [6, 6.07) is 0. The smallest absolute Gasteiger partial charge is 0.409 e. The molecule has 0 unspecified atom stereocenters. The molecule has 0 aromatic heterocycles. The molecule has 0 fully saturated rings. The molecule has 0 atom stereocenters. The number of amides is 3. The fourth-order valence-corrected chi connectivity index (χ4v) is 0.983. The Bertz CT molecular complexity index is 371. The van der Waals surface area contributed by atoms with Gasteiger partial charge in [-0.25, -0.2) is 4.79 Å². The van der Waals surface area contributed by atoms with Gasteiger partial charge in [0.15, 0.2) is 0 Å². The molecular weight excluding hydrogens is 232 g/mol. The van der Waals surface area contributed by atoms with Crippen molar-refractivity contribution in [3.05, 3.63) is 12.2 Å². The second-order valence-electron chi connectivity index (χ2n) is 2.91. The van der Waals surface area contributed by atoms with Crippen LogP contribution in [0.25, 0.3) is 0 Å². The molecule has 92 valence electrons. The summed E-state index contributed by atoms with van der Waals surface area (Å²) < 4.78 is 8.86. The quantitative estimate of drug-likeness (QED) is 0.376. The number of imide groups is 1. The maximum Gasteiger partial charge on any atom is 0.409 e. The molecule has 8 heteroatoms. The molecule has 1 aliphatic rings. The summed E-state index contributed by atoms with van der Waals surface area (Å²) in [6.07, 6.45) is 1.35. The van der Waals surface area contributed by atoms with Crippen molar-refractivity contribution < 1.29 is 28.7 Å². The lowest BCUT2D eigenvalue weighted by atomic mass is 10.5. The van der Waals surface area contributed by atoms with Crippen LogP contribution in [0.2, 0.25) is 0 Å². The van der Waals surface area contributed by atoms with Gasteiger partial charge < -0.3 is 14.8 Å². The molecule has 0 aliphatic carbocycles. The Morgan fingerprint density at radius 2 is 1.82 bits per heavy atom. The fraction of sp³-hybridized carbons (Fsp3) is 0.333. The molecule has 0 saturated heterocycles. The SMILES string of the molecule is CNC(=O)OCOC(=O)CN1C(=O)C=CC1=O. The van der Waals surface area contributed by atoms with Crippen molar-refractivity contribution in [3.8, 4) is 0 Å². The highest BCUT2D eigenvalue weighted by Gasteiger charge is 2.26. The molecule has 17 heavy (non-hydrogen) atoms. The van der Waals surface area contributed by atoms with Crippen LogP contribution in [0, 0.1) is 0 Å². The number of nitrogens with one attached hydrogen (secondary N) is 1. The molecule has 0 aromatic rings. The normalized spacial score (nSPS) is 13.8. The van der Waals surface area contributed by atoms with E-state index in [0.29, 0.717) is 4.90 Å². The first-order valence-corrected chi connectivity index (χ1v) is 4.58. The van der Waals surface area contributed by atoms with Gasteiger partial charge >= 0.3 is 12.1 Å². The van der Waals surface area contributed by atoms with Crippen LogP contribution in [0.1, 0.15) is 0 Å². The van der Waals surface area contributed by atoms with Crippen molar-refractivity contribution >= 4 is 23.9 Å². The minimum absolute atomic E-state index is 0.512. The first-order valence-electron chi connectivity index (χ1n) is 4.58. The second kappa shape index (κ2) is 5.64. The van der Waals surface area contributed by atoms with Crippen LogP contribution in [0.4, 0.5) is 4.79 Å². The molecule has 1 N–H and O–H groups in total. The van der Waals surface area contributed by atoms with Gasteiger partial charge in [-0.3, -0.25) is 19.3 Å². The van der Waals surface area contributed by atoms with Gasteiger partial charge in [0.05, 0.1) is 0 Å². The number of esters is 1. The highest BCUT2D eigenvalue weighted by Crippen LogP contribution is 2.03. The molecule has 0 spiro atoms. The van der Waals surface area contributed by atoms with Crippen LogP contribution in [-0.4, -0.2) is 49.2 Å². The number of nitrogens with zero attached hydrogens (tertiary/aromatic N) is 1. The highest BCUT2D eigenvalue weighted by atomic mass is 16.7. The molecule has 0 bridgehead atoms. The van der Waals surface area contributed by atoms with Crippen LogP contribution in [0.15, 0.2) is 12.2 Å². The summed E-state index contributed by atoms with van der Waals surface area (Å²) >= 11 is 0. The summed E-state index contributed by atoms with van der Waals surface area (Å²) in [4.78, 5) is 44.6. The van der Waals surface area contributed by atoms with E-state index in [0.717, 1.165) is 12.2 Å². The van der Waals surface area contributed by atoms with Gasteiger partial charge in [0.2, 0.25) is 6.79 Å². The number of ether oxygens (including phenoxy) is 2. The third-order valence-electron chi connectivity index (χ3n) is 1.80. The van der Waals surface area contributed by atoms with Gasteiger partial charge in [0.1, 0.15) is 6.54 Å². The van der Waals surface area contributed by atoms with Gasteiger partial charge in [-0.2, -0.15) is 0 Å². The van der Waals surface area contributed by atoms with Crippen molar-refractivity contribution in [1.82, 2.24) is 10.2 Å². The standard InChI is InChI=1S/C9H10N2O6/c1-10-9(15)17-5-16-8(14)4-11-6(12)2-3-7(11)13/h2-3H,4-5H2,1H3,(H,10,15). The molecule has 1 heterocycles. The second-order valence-corrected chi connectivity index (χ2v) is 2.91. The molecule has 0 aromatic carbocycles. The van der Waals surface area contributed by atoms with Crippen molar-refractivity contribution in [2.45, 2.75) is 0 Å². The number of hydrogen-bond acceptors (Lipinski definition) is 6. The van der Waals surface area contributed by atoms with Gasteiger partial charge in [0, 0.05) is 19.2 Å². The Morgan fingerprint density at radius 1 is 1.24 bits per heavy atom. The molecule has 8 nitrogen and oxygen atoms in total. The fourth-order valence-electron chi connectivity index (χ4n) is 0.983. The monoisotopic (exact) mass is 242 g/mol. The summed E-state index contributed by atoms with van der Waals surface area (Å²) in [6.45, 7) is -1.09. The average molecular weight is 242 g/mol. The van der Waals surface area contributed by atoms with E-state index < -0.39 is 37.2 Å². The third kappa shape index (κ3) is 3.59. The number of carbonyl (C=O) groups is 4. The molecule has 1 aliphatic heterocycles. The Balaban J connectivity index is 2.28. The Morgan fingerprint density at radius 3 is 2.35 bits per heavy atom. The van der Waals surface area contributed by atoms with Gasteiger partial charge in [-0.05, 0) is 0 Å². The topological polar surface area (TPSA) is 102 Å². The van der Waals surface area contributed by atoms with Crippen LogP contribution in [0.3, 0.4) is 0 Å². The van der Waals surface area contributed by atoms with Gasteiger partial charge in [-0.1, -0.05) is 0 Å². The lowest BCUT2D eigenvalue weighted by molar-refractivity contribution is -0.157. The number of carbonyl (C=O) groups excluding carboxylic acids is 4. The molecule has 0 saturated carbocycles. The average Bonchev–Trinajstić information content (AvgIpc) is 2.60. The van der Waals surface area contributed by atoms with Gasteiger partial charge in [0.25, 0.3) is 11.8 Å². The summed E-state index contributed by atoms with van der Waals surface area (Å²) in [5.74, 6) is -2.02. The minimum Gasteiger partial charge on any atom is -0.426 e. The van der Waals surface area contributed by atoms with E-state index in [1.165, 1.54) is 7.05 Å². The zero-order valence-electron chi connectivity index (χ0n) is 8.97. The van der Waals surface area contributed by atoms with E-state index in [2.05, 4.69) is 14.8 Å². The predicted octanol–water partition coefficient (Wildman–Crippen LogP) is -1.23. The number of alkyl carbamates (subject to hydrolysis) is 1. The minimum atomic E-state index is -0.848. The lowest BCUT2D eigenvalue weighted by Gasteiger charge is -2.12. The lowest BCUT2D eigenvalue weighted by Crippen LogP contribution is -2.36. The van der Waals surface area contributed by atoms with Crippen molar-refractivity contribution in [3.63, 3.8) is 0 Å². The Hall–Kier alpha value is -2.38. The van der Waals surface area contributed by atoms with Gasteiger partial charge in [-0.15, -0.1) is 0 Å². The molecule has 0 radical (unpaired) electrons. The van der Waals surface area contributed by atoms with E-state index in [4.69, 9.17) is 0 Å². The largest absolute Gasteiger partial charge is 0.426 e. The number of hydrogen-bond donors (Lipinski definition) is 1. The third-order valence-corrected chi connectivity index (χ3v) is 1.80. The van der Waals surface area contributed by atoms with E-state index >= 15 is 0 Å². The van der Waals surface area contributed by atoms with Crippen LogP contribution in [0.5, 0.6) is 0 Å². The van der Waals surface area contributed by atoms with Crippen LogP contribution >= 0.6 is 0 Å². The first-order chi connectivity index (χ1) is 8.04. The Kier molecular flexibility index (Phi) is 4.21. The molecule has 3 amide bonds. The van der Waals surface area contributed by atoms with E-state index in [9.17, 15) is 19.2 Å². The van der Waals surface area contributed by atoms with E-state index in [1.54, 1.807) is 0 Å². The number of rotatable bonds is 4. The van der Waals surface area contributed by atoms with Crippen molar-refractivity contribution in [1.29, 1.82) is 0 Å². The van der Waals surface area contributed by atoms with E-state index in [1.807, 2.05) is 0 Å². The Labute approximate surface area is 96.1 Å². The van der Waals surface area contributed by atoms with Crippen molar-refractivity contribution in [2.75, 3.05) is 20.4 Å². The van der Waals surface area contributed by atoms with Crippen LogP contribution < -0.4 is 5.32 Å². The van der Waals surface area contributed by atoms with Crippen LogP contribution in [-0.2, 0) is 23.9 Å². The zero-order chi connectivity index (χ0) is 12.8. The predicted molar refractivity (Wildman–Crippen MR) is 52.4 cm³/mol. The van der Waals surface area contributed by atoms with Crippen molar-refractivity contribution in [2.24, 2.45) is 0 Å². The molecular formula is C9H10N2O6. The zero-order valence-corrected chi connectivity index (χ0v) is 8.97. The maximum absolute atomic E-state index is 11.2. The molecule has 1 rings (SSSR count). The summed E-state index contributed by atoms with van der Waals surface area (Å²) in [5.41, 5.74) is 0.